The van der Waals surface area contributed by atoms with Gasteiger partial charge in [-0.2, -0.15) is 0 Å². The Hall–Kier alpha value is -1.51. The van der Waals surface area contributed by atoms with Gasteiger partial charge in [-0.25, -0.2) is 0 Å². The molecule has 1 fully saturated rings. The first-order valence-electron chi connectivity index (χ1n) is 6.22. The Balaban J connectivity index is 2.27. The highest BCUT2D eigenvalue weighted by Crippen LogP contribution is 2.23. The third kappa shape index (κ3) is 2.43. The summed E-state index contributed by atoms with van der Waals surface area (Å²) in [5.74, 6) is 0.795. The number of carbonyl (C=O) groups excluding carboxylic acids is 1. The number of ether oxygens (including phenoxy) is 1. The molecule has 0 saturated carbocycles. The minimum absolute atomic E-state index is 0.0991. The highest BCUT2D eigenvalue weighted by Gasteiger charge is 2.22. The van der Waals surface area contributed by atoms with Crippen molar-refractivity contribution in [1.82, 2.24) is 4.90 Å². The first-order chi connectivity index (χ1) is 8.26. The Morgan fingerprint density at radius 3 is 2.65 bits per heavy atom. The largest absolute Gasteiger partial charge is 0.496 e. The number of hydrogen-bond acceptors (Lipinski definition) is 2. The van der Waals surface area contributed by atoms with Crippen LogP contribution in [0.15, 0.2) is 18.2 Å². The SMILES string of the molecule is CCc1ccc(C(=O)N2CCCC2)c(OC)c1. The van der Waals surface area contributed by atoms with E-state index in [1.165, 1.54) is 5.56 Å². The zero-order valence-corrected chi connectivity index (χ0v) is 10.5. The highest BCUT2D eigenvalue weighted by atomic mass is 16.5. The molecular weight excluding hydrogens is 214 g/mol. The predicted molar refractivity (Wildman–Crippen MR) is 67.5 cm³/mol. The van der Waals surface area contributed by atoms with E-state index in [2.05, 4.69) is 6.92 Å². The number of hydrogen-bond donors (Lipinski definition) is 0. The lowest BCUT2D eigenvalue weighted by molar-refractivity contribution is 0.0789. The summed E-state index contributed by atoms with van der Waals surface area (Å²) in [6.45, 7) is 3.84. The number of methoxy groups -OCH3 is 1. The van der Waals surface area contributed by atoms with Crippen LogP contribution in [0.2, 0.25) is 0 Å². The van der Waals surface area contributed by atoms with Crippen molar-refractivity contribution in [3.63, 3.8) is 0 Å². The average Bonchev–Trinajstić information content (AvgIpc) is 2.91. The molecular formula is C14H19NO2. The van der Waals surface area contributed by atoms with Gasteiger partial charge in [0.05, 0.1) is 12.7 Å². The van der Waals surface area contributed by atoms with Gasteiger partial charge in [-0.1, -0.05) is 13.0 Å². The van der Waals surface area contributed by atoms with Crippen molar-refractivity contribution < 1.29 is 9.53 Å². The molecule has 1 heterocycles. The lowest BCUT2D eigenvalue weighted by Crippen LogP contribution is -2.28. The van der Waals surface area contributed by atoms with Gasteiger partial charge < -0.3 is 9.64 Å². The standard InChI is InChI=1S/C14H19NO2/c1-3-11-6-7-12(13(10-11)17-2)14(16)15-8-4-5-9-15/h6-7,10H,3-5,8-9H2,1-2H3. The van der Waals surface area contributed by atoms with E-state index in [1.54, 1.807) is 7.11 Å². The van der Waals surface area contributed by atoms with Crippen LogP contribution >= 0.6 is 0 Å². The van der Waals surface area contributed by atoms with Crippen molar-refractivity contribution in [3.05, 3.63) is 29.3 Å². The first kappa shape index (κ1) is 12.0. The molecule has 0 unspecified atom stereocenters. The third-order valence-electron chi connectivity index (χ3n) is 3.30. The number of aryl methyl sites for hydroxylation is 1. The summed E-state index contributed by atoms with van der Waals surface area (Å²) in [4.78, 5) is 14.2. The van der Waals surface area contributed by atoms with Crippen LogP contribution in [-0.2, 0) is 6.42 Å². The van der Waals surface area contributed by atoms with Gasteiger partial charge >= 0.3 is 0 Å². The average molecular weight is 233 g/mol. The monoisotopic (exact) mass is 233 g/mol. The van der Waals surface area contributed by atoms with Crippen LogP contribution in [0.4, 0.5) is 0 Å². The first-order valence-corrected chi connectivity index (χ1v) is 6.22. The fourth-order valence-electron chi connectivity index (χ4n) is 2.22. The molecule has 0 atom stereocenters. The van der Waals surface area contributed by atoms with E-state index in [-0.39, 0.29) is 5.91 Å². The molecule has 0 aliphatic carbocycles. The van der Waals surface area contributed by atoms with Crippen molar-refractivity contribution in [1.29, 1.82) is 0 Å². The number of carbonyl (C=O) groups is 1. The molecule has 3 heteroatoms. The van der Waals surface area contributed by atoms with Crippen molar-refractivity contribution >= 4 is 5.91 Å². The normalized spacial score (nSPS) is 15.1. The Labute approximate surface area is 102 Å². The zero-order chi connectivity index (χ0) is 12.3. The molecule has 2 rings (SSSR count). The lowest BCUT2D eigenvalue weighted by Gasteiger charge is -2.17. The second-order valence-electron chi connectivity index (χ2n) is 4.39. The molecule has 92 valence electrons. The molecule has 0 aromatic heterocycles. The van der Waals surface area contributed by atoms with Gasteiger partial charge in [0.2, 0.25) is 0 Å². The van der Waals surface area contributed by atoms with Crippen LogP contribution in [0, 0.1) is 0 Å². The Morgan fingerprint density at radius 1 is 1.35 bits per heavy atom. The van der Waals surface area contributed by atoms with E-state index in [4.69, 9.17) is 4.74 Å². The molecule has 3 nitrogen and oxygen atoms in total. The van der Waals surface area contributed by atoms with Crippen LogP contribution in [0.3, 0.4) is 0 Å². The number of nitrogens with zero attached hydrogens (tertiary/aromatic N) is 1. The Morgan fingerprint density at radius 2 is 2.06 bits per heavy atom. The lowest BCUT2D eigenvalue weighted by atomic mass is 10.1. The molecule has 1 amide bonds. The summed E-state index contributed by atoms with van der Waals surface area (Å²) < 4.78 is 5.32. The highest BCUT2D eigenvalue weighted by molar-refractivity contribution is 5.97. The fourth-order valence-corrected chi connectivity index (χ4v) is 2.22. The van der Waals surface area contributed by atoms with E-state index in [1.807, 2.05) is 23.1 Å². The summed E-state index contributed by atoms with van der Waals surface area (Å²) >= 11 is 0. The topological polar surface area (TPSA) is 29.5 Å². The van der Waals surface area contributed by atoms with Gasteiger partial charge in [-0.15, -0.1) is 0 Å². The van der Waals surface area contributed by atoms with Gasteiger partial charge in [0.25, 0.3) is 5.91 Å². The minimum Gasteiger partial charge on any atom is -0.496 e. The Bertz CT molecular complexity index is 409. The number of likely N-dealkylation sites (tertiary alicyclic amines) is 1. The molecule has 1 aliphatic rings. The van der Waals surface area contributed by atoms with Gasteiger partial charge in [-0.05, 0) is 37.0 Å². The minimum atomic E-state index is 0.0991. The van der Waals surface area contributed by atoms with Crippen LogP contribution in [-0.4, -0.2) is 31.0 Å². The van der Waals surface area contributed by atoms with E-state index in [0.717, 1.165) is 32.4 Å². The summed E-state index contributed by atoms with van der Waals surface area (Å²) in [6.07, 6.45) is 3.18. The summed E-state index contributed by atoms with van der Waals surface area (Å²) in [6, 6.07) is 5.85. The second-order valence-corrected chi connectivity index (χ2v) is 4.39. The maximum Gasteiger partial charge on any atom is 0.257 e. The quantitative estimate of drug-likeness (QED) is 0.802. The molecule has 17 heavy (non-hydrogen) atoms. The van der Waals surface area contributed by atoms with Crippen LogP contribution < -0.4 is 4.74 Å². The summed E-state index contributed by atoms with van der Waals surface area (Å²) in [5, 5.41) is 0. The molecule has 0 bridgehead atoms. The molecule has 1 aliphatic heterocycles. The summed E-state index contributed by atoms with van der Waals surface area (Å²) in [5.41, 5.74) is 1.88. The maximum absolute atomic E-state index is 12.3. The van der Waals surface area contributed by atoms with Gasteiger partial charge in [0, 0.05) is 13.1 Å². The van der Waals surface area contributed by atoms with E-state index < -0.39 is 0 Å². The molecule has 0 spiro atoms. The predicted octanol–water partition coefficient (Wildman–Crippen LogP) is 2.49. The molecule has 1 aromatic carbocycles. The molecule has 0 radical (unpaired) electrons. The number of benzene rings is 1. The van der Waals surface area contributed by atoms with Gasteiger partial charge in [-0.3, -0.25) is 4.79 Å². The van der Waals surface area contributed by atoms with Crippen molar-refractivity contribution in [2.75, 3.05) is 20.2 Å². The molecule has 0 N–H and O–H groups in total. The molecule has 1 saturated heterocycles. The van der Waals surface area contributed by atoms with E-state index in [0.29, 0.717) is 11.3 Å². The number of rotatable bonds is 3. The van der Waals surface area contributed by atoms with Crippen LogP contribution in [0.1, 0.15) is 35.7 Å². The van der Waals surface area contributed by atoms with Gasteiger partial charge in [0.1, 0.15) is 5.75 Å². The fraction of sp³-hybridized carbons (Fsp3) is 0.500. The van der Waals surface area contributed by atoms with Crippen molar-refractivity contribution in [3.8, 4) is 5.75 Å². The van der Waals surface area contributed by atoms with Crippen molar-refractivity contribution in [2.24, 2.45) is 0 Å². The third-order valence-corrected chi connectivity index (χ3v) is 3.30. The smallest absolute Gasteiger partial charge is 0.257 e. The second kappa shape index (κ2) is 5.21. The number of amides is 1. The maximum atomic E-state index is 12.3. The summed E-state index contributed by atoms with van der Waals surface area (Å²) in [7, 11) is 1.62. The van der Waals surface area contributed by atoms with Crippen molar-refractivity contribution in [2.45, 2.75) is 26.2 Å². The Kier molecular flexibility index (Phi) is 3.67. The molecule has 1 aromatic rings. The van der Waals surface area contributed by atoms with E-state index in [9.17, 15) is 4.79 Å². The van der Waals surface area contributed by atoms with E-state index >= 15 is 0 Å². The van der Waals surface area contributed by atoms with Gasteiger partial charge in [0.15, 0.2) is 0 Å². The van der Waals surface area contributed by atoms with Crippen LogP contribution in [0.25, 0.3) is 0 Å². The zero-order valence-electron chi connectivity index (χ0n) is 10.5. The van der Waals surface area contributed by atoms with Crippen LogP contribution in [0.5, 0.6) is 5.75 Å².